The fourth-order valence-electron chi connectivity index (χ4n) is 2.85. The molecule has 0 aliphatic rings. The molecule has 2 rings (SSSR count). The minimum absolute atomic E-state index is 0.0515. The second-order valence-electron chi connectivity index (χ2n) is 6.56. The molecule has 0 spiro atoms. The monoisotopic (exact) mass is 326 g/mol. The zero-order valence-electron chi connectivity index (χ0n) is 14.5. The summed E-state index contributed by atoms with van der Waals surface area (Å²) < 4.78 is 0. The summed E-state index contributed by atoms with van der Waals surface area (Å²) in [4.78, 5) is 12.1. The molecule has 0 aliphatic carbocycles. The molecule has 1 unspecified atom stereocenters. The van der Waals surface area contributed by atoms with Crippen molar-refractivity contribution < 1.29 is 15.0 Å². The first-order valence-corrected chi connectivity index (χ1v) is 8.55. The molecular formula is C21H26O3. The number of hydrogen-bond donors (Lipinski definition) is 2. The van der Waals surface area contributed by atoms with Gasteiger partial charge in [-0.2, -0.15) is 0 Å². The zero-order valence-corrected chi connectivity index (χ0v) is 14.5. The van der Waals surface area contributed by atoms with Crippen molar-refractivity contribution in [3.63, 3.8) is 0 Å². The van der Waals surface area contributed by atoms with Crippen LogP contribution in [0.25, 0.3) is 0 Å². The van der Waals surface area contributed by atoms with E-state index in [1.54, 1.807) is 12.1 Å². The van der Waals surface area contributed by atoms with Crippen LogP contribution in [0.2, 0.25) is 0 Å². The number of ketones is 1. The van der Waals surface area contributed by atoms with Gasteiger partial charge in [-0.1, -0.05) is 42.8 Å². The predicted octanol–water partition coefficient (Wildman–Crippen LogP) is 4.88. The van der Waals surface area contributed by atoms with Crippen molar-refractivity contribution in [2.75, 3.05) is 0 Å². The summed E-state index contributed by atoms with van der Waals surface area (Å²) in [5.74, 6) is 0.504. The smallest absolute Gasteiger partial charge is 0.132 e. The van der Waals surface area contributed by atoms with Crippen molar-refractivity contribution in [1.29, 1.82) is 0 Å². The molecule has 2 aromatic rings. The van der Waals surface area contributed by atoms with Crippen LogP contribution in [0.15, 0.2) is 42.5 Å². The van der Waals surface area contributed by atoms with E-state index in [1.165, 1.54) is 17.2 Å². The average molecular weight is 326 g/mol. The third-order valence-electron chi connectivity index (χ3n) is 4.44. The lowest BCUT2D eigenvalue weighted by atomic mass is 9.93. The van der Waals surface area contributed by atoms with E-state index >= 15 is 0 Å². The summed E-state index contributed by atoms with van der Waals surface area (Å²) >= 11 is 0. The minimum Gasteiger partial charge on any atom is -0.508 e. The fraction of sp³-hybridized carbons (Fsp3) is 0.381. The van der Waals surface area contributed by atoms with Crippen molar-refractivity contribution in [1.82, 2.24) is 0 Å². The van der Waals surface area contributed by atoms with E-state index in [0.29, 0.717) is 19.3 Å². The molecule has 2 aromatic carbocycles. The lowest BCUT2D eigenvalue weighted by Crippen LogP contribution is -2.03. The normalized spacial score (nSPS) is 12.1. The van der Waals surface area contributed by atoms with Crippen LogP contribution in [-0.2, 0) is 11.2 Å². The third-order valence-corrected chi connectivity index (χ3v) is 4.44. The van der Waals surface area contributed by atoms with Crippen LogP contribution in [-0.4, -0.2) is 16.0 Å². The summed E-state index contributed by atoms with van der Waals surface area (Å²) in [5.41, 5.74) is 3.30. The molecule has 0 bridgehead atoms. The Morgan fingerprint density at radius 3 is 2.42 bits per heavy atom. The van der Waals surface area contributed by atoms with Gasteiger partial charge in [0.15, 0.2) is 0 Å². The van der Waals surface area contributed by atoms with Crippen LogP contribution in [0, 0.1) is 6.92 Å². The predicted molar refractivity (Wildman–Crippen MR) is 96.5 cm³/mol. The molecule has 0 fully saturated rings. The summed E-state index contributed by atoms with van der Waals surface area (Å²) in [5, 5.41) is 19.2. The molecule has 3 heteroatoms. The first-order valence-electron chi connectivity index (χ1n) is 8.55. The summed E-state index contributed by atoms with van der Waals surface area (Å²) in [6, 6.07) is 13.1. The maximum Gasteiger partial charge on any atom is 0.132 e. The molecule has 0 aromatic heterocycles. The van der Waals surface area contributed by atoms with Crippen molar-refractivity contribution in [3.8, 4) is 11.5 Å². The van der Waals surface area contributed by atoms with Gasteiger partial charge in [-0.25, -0.2) is 0 Å². The number of carbonyl (C=O) groups is 1. The Labute approximate surface area is 144 Å². The summed E-state index contributed by atoms with van der Waals surface area (Å²) in [6.07, 6.45) is 3.64. The van der Waals surface area contributed by atoms with Crippen LogP contribution in [0.1, 0.15) is 55.2 Å². The largest absolute Gasteiger partial charge is 0.508 e. The standard InChI is InChI=1S/C21H26O3/c1-15-6-9-17(10-7-15)4-3-5-18(22)11-8-16(2)20-13-12-19(23)14-21(20)24/h6-7,9-10,12-14,16,23-24H,3-5,8,11H2,1-2H3. The van der Waals surface area contributed by atoms with Crippen LogP contribution < -0.4 is 0 Å². The van der Waals surface area contributed by atoms with E-state index in [2.05, 4.69) is 31.2 Å². The van der Waals surface area contributed by atoms with E-state index < -0.39 is 0 Å². The topological polar surface area (TPSA) is 57.5 Å². The maximum absolute atomic E-state index is 12.1. The highest BCUT2D eigenvalue weighted by Gasteiger charge is 2.13. The molecule has 0 saturated carbocycles. The summed E-state index contributed by atoms with van der Waals surface area (Å²) in [6.45, 7) is 4.06. The molecule has 24 heavy (non-hydrogen) atoms. The van der Waals surface area contributed by atoms with Gasteiger partial charge in [0, 0.05) is 18.9 Å². The van der Waals surface area contributed by atoms with E-state index in [-0.39, 0.29) is 23.2 Å². The Balaban J connectivity index is 1.73. The van der Waals surface area contributed by atoms with Gasteiger partial charge in [-0.15, -0.1) is 0 Å². The number of aryl methyl sites for hydroxylation is 2. The number of phenols is 2. The van der Waals surface area contributed by atoms with Gasteiger partial charge in [-0.3, -0.25) is 4.79 Å². The van der Waals surface area contributed by atoms with E-state index in [4.69, 9.17) is 0 Å². The highest BCUT2D eigenvalue weighted by Crippen LogP contribution is 2.31. The third kappa shape index (κ3) is 5.41. The van der Waals surface area contributed by atoms with Crippen molar-refractivity contribution in [2.45, 2.75) is 51.9 Å². The molecule has 0 saturated heterocycles. The molecule has 1 atom stereocenters. The van der Waals surface area contributed by atoms with Gasteiger partial charge in [0.05, 0.1) is 0 Å². The highest BCUT2D eigenvalue weighted by atomic mass is 16.3. The van der Waals surface area contributed by atoms with Crippen LogP contribution in [0.4, 0.5) is 0 Å². The Morgan fingerprint density at radius 1 is 1.04 bits per heavy atom. The Morgan fingerprint density at radius 2 is 1.75 bits per heavy atom. The number of phenolic OH excluding ortho intramolecular Hbond substituents is 2. The number of carbonyl (C=O) groups excluding carboxylic acids is 1. The second-order valence-corrected chi connectivity index (χ2v) is 6.56. The zero-order chi connectivity index (χ0) is 17.5. The van der Waals surface area contributed by atoms with Gasteiger partial charge in [-0.05, 0) is 49.3 Å². The Bertz CT molecular complexity index is 674. The van der Waals surface area contributed by atoms with E-state index in [9.17, 15) is 15.0 Å². The lowest BCUT2D eigenvalue weighted by molar-refractivity contribution is -0.119. The van der Waals surface area contributed by atoms with Gasteiger partial charge in [0.1, 0.15) is 17.3 Å². The van der Waals surface area contributed by atoms with Crippen LogP contribution in [0.5, 0.6) is 11.5 Å². The van der Waals surface area contributed by atoms with Crippen molar-refractivity contribution in [3.05, 3.63) is 59.2 Å². The average Bonchev–Trinajstić information content (AvgIpc) is 2.54. The second kappa shape index (κ2) is 8.53. The van der Waals surface area contributed by atoms with Gasteiger partial charge >= 0.3 is 0 Å². The SMILES string of the molecule is Cc1ccc(CCCC(=O)CCC(C)c2ccc(O)cc2O)cc1. The molecule has 0 aliphatic heterocycles. The van der Waals surface area contributed by atoms with Gasteiger partial charge in [0.2, 0.25) is 0 Å². The van der Waals surface area contributed by atoms with E-state index in [1.807, 2.05) is 6.92 Å². The lowest BCUT2D eigenvalue weighted by Gasteiger charge is -2.13. The molecule has 0 heterocycles. The summed E-state index contributed by atoms with van der Waals surface area (Å²) in [7, 11) is 0. The first kappa shape index (κ1) is 18.1. The number of hydrogen-bond acceptors (Lipinski definition) is 3. The molecular weight excluding hydrogens is 300 g/mol. The number of benzene rings is 2. The van der Waals surface area contributed by atoms with Crippen molar-refractivity contribution >= 4 is 5.78 Å². The molecule has 0 amide bonds. The molecule has 2 N–H and O–H groups in total. The van der Waals surface area contributed by atoms with E-state index in [0.717, 1.165) is 18.4 Å². The van der Waals surface area contributed by atoms with Crippen LogP contribution in [0.3, 0.4) is 0 Å². The molecule has 0 radical (unpaired) electrons. The van der Waals surface area contributed by atoms with Gasteiger partial charge in [0.25, 0.3) is 0 Å². The first-order chi connectivity index (χ1) is 11.5. The quantitative estimate of drug-likeness (QED) is 0.726. The number of rotatable bonds is 8. The van der Waals surface area contributed by atoms with Crippen molar-refractivity contribution in [2.24, 2.45) is 0 Å². The fourth-order valence-corrected chi connectivity index (χ4v) is 2.85. The number of aromatic hydroxyl groups is 2. The molecule has 3 nitrogen and oxygen atoms in total. The Hall–Kier alpha value is -2.29. The molecule has 128 valence electrons. The van der Waals surface area contributed by atoms with Crippen LogP contribution >= 0.6 is 0 Å². The highest BCUT2D eigenvalue weighted by molar-refractivity contribution is 5.78. The van der Waals surface area contributed by atoms with Gasteiger partial charge < -0.3 is 10.2 Å². The minimum atomic E-state index is 0.0515. The number of Topliss-reactive ketones (excluding diaryl/α,β-unsaturated/α-hetero) is 1. The Kier molecular flexibility index (Phi) is 6.42. The maximum atomic E-state index is 12.1.